The number of hydrogen-bond acceptors (Lipinski definition) is 9. The summed E-state index contributed by atoms with van der Waals surface area (Å²) in [5.74, 6) is -1.19. The van der Waals surface area contributed by atoms with E-state index in [0.29, 0.717) is 0 Å². The van der Waals surface area contributed by atoms with Crippen LogP contribution in [0.5, 0.6) is 0 Å². The zero-order chi connectivity index (χ0) is 12.9. The normalized spacial score (nSPS) is 10.8. The second kappa shape index (κ2) is 18.0. The summed E-state index contributed by atoms with van der Waals surface area (Å²) in [5, 5.41) is 15.8. The summed E-state index contributed by atoms with van der Waals surface area (Å²) in [6.07, 6.45) is -1.23. The molecule has 0 aromatic carbocycles. The minimum Gasteiger partial charge on any atom is -0.790 e. The summed E-state index contributed by atoms with van der Waals surface area (Å²) >= 11 is 0. The van der Waals surface area contributed by atoms with Crippen LogP contribution in [0.4, 0.5) is 0 Å². The number of carboxylic acid groups (broad SMARTS) is 1. The van der Waals surface area contributed by atoms with E-state index >= 15 is 0 Å². The maximum atomic E-state index is 9.45. The van der Waals surface area contributed by atoms with E-state index in [4.69, 9.17) is 10.2 Å². The van der Waals surface area contributed by atoms with Gasteiger partial charge in [0.2, 0.25) is 0 Å². The molecule has 0 aliphatic heterocycles. The van der Waals surface area contributed by atoms with E-state index in [-0.39, 0.29) is 118 Å². The van der Waals surface area contributed by atoms with Crippen LogP contribution in [0, 0.1) is 0 Å². The van der Waals surface area contributed by atoms with Crippen molar-refractivity contribution in [1.29, 1.82) is 0 Å². The summed E-state index contributed by atoms with van der Waals surface area (Å²) in [5.41, 5.74) is 0. The first-order valence-electron chi connectivity index (χ1n) is 3.01. The van der Waals surface area contributed by atoms with Crippen molar-refractivity contribution >= 4 is 21.6 Å². The molecule has 16 heteroatoms. The fraction of sp³-hybridized carbons (Fsp3) is 0.667. The molecule has 0 spiro atoms. The first-order chi connectivity index (χ1) is 6.35. The Balaban J connectivity index is -0.0000000385. The molecule has 0 aliphatic rings. The second-order valence-corrected chi connectivity index (χ2v) is 4.43. The van der Waals surface area contributed by atoms with Crippen molar-refractivity contribution in [3.63, 3.8) is 0 Å². The standard InChI is InChI=1S/C3H6O3.4Na.H4O7P2/c1-2(4)3(5)6;;;;;1-8(2,3)7-9(4,5)6/h2,4H,1H3,(H,5,6);;;;;(H2,1,2,3)(H2,4,5,6)/q;4*+1;/p-4. The largest absolute Gasteiger partial charge is 1.00 e. The van der Waals surface area contributed by atoms with Gasteiger partial charge in [0.25, 0.3) is 0 Å². The Kier molecular flexibility index (Phi) is 36.4. The van der Waals surface area contributed by atoms with Crippen molar-refractivity contribution in [1.82, 2.24) is 0 Å². The molecule has 10 nitrogen and oxygen atoms in total. The number of phosphoric acid groups is 2. The average Bonchev–Trinajstić information content (AvgIpc) is 1.78. The van der Waals surface area contributed by atoms with Gasteiger partial charge < -0.3 is 43.2 Å². The van der Waals surface area contributed by atoms with E-state index < -0.39 is 27.7 Å². The van der Waals surface area contributed by atoms with E-state index in [2.05, 4.69) is 4.31 Å². The molecule has 0 saturated heterocycles. The summed E-state index contributed by atoms with van der Waals surface area (Å²) < 4.78 is 21.2. The van der Waals surface area contributed by atoms with Gasteiger partial charge in [-0.2, -0.15) is 0 Å². The molecule has 0 heterocycles. The van der Waals surface area contributed by atoms with Gasteiger partial charge in [-0.25, -0.2) is 4.79 Å². The van der Waals surface area contributed by atoms with Crippen molar-refractivity contribution in [2.24, 2.45) is 0 Å². The quantitative estimate of drug-likeness (QED) is 0.362. The predicted octanol–water partition coefficient (Wildman–Crippen LogP) is -15.9. The van der Waals surface area contributed by atoms with Crippen LogP contribution >= 0.6 is 15.6 Å². The maximum absolute atomic E-state index is 9.45. The molecule has 19 heavy (non-hydrogen) atoms. The summed E-state index contributed by atoms with van der Waals surface area (Å²) in [6, 6.07) is 0. The van der Waals surface area contributed by atoms with Crippen LogP contribution in [-0.2, 0) is 18.2 Å². The van der Waals surface area contributed by atoms with Crippen LogP contribution in [0.25, 0.3) is 0 Å². The predicted molar refractivity (Wildman–Crippen MR) is 35.6 cm³/mol. The number of carboxylic acids is 1. The van der Waals surface area contributed by atoms with Crippen LogP contribution in [-0.4, -0.2) is 22.3 Å². The van der Waals surface area contributed by atoms with Crippen LogP contribution in [0.1, 0.15) is 6.92 Å². The molecule has 0 rings (SSSR count). The third-order valence-corrected chi connectivity index (χ3v) is 2.16. The van der Waals surface area contributed by atoms with Gasteiger partial charge in [-0.1, -0.05) is 0 Å². The van der Waals surface area contributed by atoms with Crippen molar-refractivity contribution in [2.75, 3.05) is 0 Å². The molecule has 0 aromatic rings. The van der Waals surface area contributed by atoms with Crippen molar-refractivity contribution in [2.45, 2.75) is 13.0 Å². The van der Waals surface area contributed by atoms with Gasteiger partial charge in [-0.05, 0) is 6.92 Å². The Hall–Kier alpha value is 3.69. The van der Waals surface area contributed by atoms with E-state index in [1.807, 2.05) is 0 Å². The van der Waals surface area contributed by atoms with E-state index in [1.54, 1.807) is 0 Å². The minimum atomic E-state index is -5.68. The van der Waals surface area contributed by atoms with E-state index in [9.17, 15) is 33.5 Å². The maximum Gasteiger partial charge on any atom is 1.00 e. The van der Waals surface area contributed by atoms with Gasteiger partial charge >= 0.3 is 124 Å². The topological polar surface area (TPSA) is 193 Å². The molecular weight excluding hydrogens is 350 g/mol. The molecule has 0 bridgehead atoms. The van der Waals surface area contributed by atoms with Crippen LogP contribution in [0.2, 0.25) is 0 Å². The van der Waals surface area contributed by atoms with E-state index in [1.165, 1.54) is 6.92 Å². The third kappa shape index (κ3) is 44.9. The van der Waals surface area contributed by atoms with Crippen LogP contribution in [0.15, 0.2) is 0 Å². The summed E-state index contributed by atoms with van der Waals surface area (Å²) in [6.45, 7) is 1.20. The van der Waals surface area contributed by atoms with Gasteiger partial charge in [0.1, 0.15) is 6.10 Å². The summed E-state index contributed by atoms with van der Waals surface area (Å²) in [7, 11) is -11.4. The van der Waals surface area contributed by atoms with Crippen molar-refractivity contribution < 1.29 is 166 Å². The van der Waals surface area contributed by atoms with Crippen molar-refractivity contribution in [3.8, 4) is 0 Å². The SMILES string of the molecule is CC(O)C(=O)O.O=P([O-])([O-])OP(=O)([O-])[O-].[Na+].[Na+].[Na+].[Na+]. The first-order valence-corrected chi connectivity index (χ1v) is 5.93. The molecule has 1 atom stereocenters. The van der Waals surface area contributed by atoms with Crippen molar-refractivity contribution in [3.05, 3.63) is 0 Å². The number of hydrogen-bond donors (Lipinski definition) is 2. The Labute approximate surface area is 197 Å². The monoisotopic (exact) mass is 356 g/mol. The Morgan fingerprint density at radius 3 is 1.16 bits per heavy atom. The molecule has 0 aromatic heterocycles. The molecular formula is C3H6Na4O10P2. The minimum absolute atomic E-state index is 0. The van der Waals surface area contributed by atoms with Crippen LogP contribution in [0.3, 0.4) is 0 Å². The molecule has 2 N–H and O–H groups in total. The van der Waals surface area contributed by atoms with Gasteiger partial charge in [-0.15, -0.1) is 0 Å². The second-order valence-electron chi connectivity index (χ2n) is 1.99. The van der Waals surface area contributed by atoms with Gasteiger partial charge in [0.05, 0.1) is 15.6 Å². The number of aliphatic hydroxyl groups excluding tert-OH is 1. The molecule has 1 unspecified atom stereocenters. The molecule has 0 fully saturated rings. The zero-order valence-electron chi connectivity index (χ0n) is 11.1. The number of rotatable bonds is 3. The number of aliphatic hydroxyl groups is 1. The molecule has 0 saturated carbocycles. The third-order valence-electron chi connectivity index (χ3n) is 0.557. The van der Waals surface area contributed by atoms with Gasteiger partial charge in [-0.3, -0.25) is 0 Å². The number of aliphatic carboxylic acids is 1. The van der Waals surface area contributed by atoms with E-state index in [0.717, 1.165) is 0 Å². The molecule has 0 amide bonds. The average molecular weight is 356 g/mol. The zero-order valence-corrected chi connectivity index (χ0v) is 20.9. The Morgan fingerprint density at radius 2 is 1.16 bits per heavy atom. The summed E-state index contributed by atoms with van der Waals surface area (Å²) in [4.78, 5) is 46.7. The smallest absolute Gasteiger partial charge is 0.790 e. The molecule has 92 valence electrons. The van der Waals surface area contributed by atoms with Gasteiger partial charge in [0, 0.05) is 0 Å². The Bertz CT molecular complexity index is 277. The molecule has 0 radical (unpaired) electrons. The number of carbonyl (C=O) groups is 1. The fourth-order valence-corrected chi connectivity index (χ4v) is 1.10. The Morgan fingerprint density at radius 1 is 1.00 bits per heavy atom. The van der Waals surface area contributed by atoms with Gasteiger partial charge in [0.15, 0.2) is 0 Å². The fourth-order valence-electron chi connectivity index (χ4n) is 0.122. The van der Waals surface area contributed by atoms with Crippen LogP contribution < -0.4 is 138 Å². The first kappa shape index (κ1) is 38.3. The molecule has 0 aliphatic carbocycles.